The van der Waals surface area contributed by atoms with E-state index in [9.17, 15) is 32.3 Å². The maximum absolute atomic E-state index is 15.3. The van der Waals surface area contributed by atoms with Crippen molar-refractivity contribution < 1.29 is 45.8 Å². The lowest BCUT2D eigenvalue weighted by molar-refractivity contribution is -0.123. The van der Waals surface area contributed by atoms with E-state index in [-0.39, 0.29) is 47.9 Å². The molecule has 286 valence electrons. The number of benzene rings is 1. The van der Waals surface area contributed by atoms with Crippen LogP contribution < -0.4 is 10.6 Å². The lowest BCUT2D eigenvalue weighted by atomic mass is 9.95. The van der Waals surface area contributed by atoms with Gasteiger partial charge >= 0.3 is 6.09 Å². The molecular weight excluding hydrogens is 734 g/mol. The number of fused-ring (bicyclic) bond motifs is 4. The molecular formula is C37H32F6N8O4. The molecule has 2 aliphatic carbocycles. The van der Waals surface area contributed by atoms with Crippen molar-refractivity contribution in [1.29, 1.82) is 0 Å². The molecule has 1 aromatic carbocycles. The molecule has 4 aromatic heterocycles. The Bertz CT molecular complexity index is 2380. The van der Waals surface area contributed by atoms with E-state index in [0.29, 0.717) is 27.5 Å². The Morgan fingerprint density at radius 1 is 1.09 bits per heavy atom. The van der Waals surface area contributed by atoms with Gasteiger partial charge in [-0.3, -0.25) is 19.2 Å². The maximum Gasteiger partial charge on any atom is 0.414 e. The molecule has 0 unspecified atom stereocenters. The van der Waals surface area contributed by atoms with Crippen LogP contribution in [0.1, 0.15) is 79.5 Å². The largest absolute Gasteiger partial charge is 0.450 e. The Hall–Kier alpha value is -5.96. The average Bonchev–Trinajstić information content (AvgIpc) is 3.59. The third-order valence-corrected chi connectivity index (χ3v) is 9.11. The topological polar surface area (TPSA) is 149 Å². The van der Waals surface area contributed by atoms with Crippen molar-refractivity contribution in [2.45, 2.75) is 70.1 Å². The van der Waals surface area contributed by atoms with E-state index < -0.39 is 77.4 Å². The van der Waals surface area contributed by atoms with Gasteiger partial charge in [0.15, 0.2) is 5.65 Å². The number of alkyl halides is 4. The number of hydrogen-bond donors (Lipinski definition) is 3. The lowest BCUT2D eigenvalue weighted by Crippen LogP contribution is -2.35. The zero-order valence-electron chi connectivity index (χ0n) is 29.4. The van der Waals surface area contributed by atoms with E-state index in [1.165, 1.54) is 24.3 Å². The molecule has 4 heterocycles. The van der Waals surface area contributed by atoms with Crippen LogP contribution >= 0.6 is 0 Å². The van der Waals surface area contributed by atoms with Crippen LogP contribution in [0, 0.1) is 29.4 Å². The fourth-order valence-corrected chi connectivity index (χ4v) is 6.80. The van der Waals surface area contributed by atoms with Crippen LogP contribution in [-0.2, 0) is 28.4 Å². The standard InChI is InChI=1S/C37H32F6N8O4/c1-4-55-35(53)46-34-48-47-27-8-5-19(16-50(27)34)23-7-6-22(9-10-36(2,3)54)44-30(23)26(13-18-11-20(38)14-21(39)12-18)45-28(52)17-51-32-29(31(49-51)33(40)41)24-15-25(24)37(32,42)43/h5-8,11-12,14,16,24-26,33,54H,4,13,15,17H2,1-3H3,(H,45,52)(H,46,48,53)/t24-,25+,26-/m0/s1. The van der Waals surface area contributed by atoms with Crippen molar-refractivity contribution >= 4 is 23.6 Å². The van der Waals surface area contributed by atoms with Gasteiger partial charge in [-0.2, -0.15) is 13.9 Å². The van der Waals surface area contributed by atoms with E-state index in [0.717, 1.165) is 12.1 Å². The fraction of sp³-hybridized carbons (Fsp3) is 0.351. The first-order valence-corrected chi connectivity index (χ1v) is 17.1. The van der Waals surface area contributed by atoms with Gasteiger partial charge in [0, 0.05) is 34.9 Å². The summed E-state index contributed by atoms with van der Waals surface area (Å²) in [6.45, 7) is 3.72. The molecule has 7 rings (SSSR count). The second-order valence-electron chi connectivity index (χ2n) is 13.7. The molecule has 0 bridgehead atoms. The van der Waals surface area contributed by atoms with Gasteiger partial charge in [-0.15, -0.1) is 10.2 Å². The zero-order valence-corrected chi connectivity index (χ0v) is 29.4. The minimum absolute atomic E-state index is 0.00178. The highest BCUT2D eigenvalue weighted by Gasteiger charge is 2.67. The zero-order chi connectivity index (χ0) is 39.4. The van der Waals surface area contributed by atoms with Crippen LogP contribution in [-0.4, -0.2) is 58.7 Å². The highest BCUT2D eigenvalue weighted by Crippen LogP contribution is 2.68. The Morgan fingerprint density at radius 2 is 1.84 bits per heavy atom. The third-order valence-electron chi connectivity index (χ3n) is 9.11. The van der Waals surface area contributed by atoms with Crippen LogP contribution in [0.4, 0.5) is 37.1 Å². The fourth-order valence-electron chi connectivity index (χ4n) is 6.80. The Morgan fingerprint density at radius 3 is 2.53 bits per heavy atom. The molecule has 5 aromatic rings. The van der Waals surface area contributed by atoms with Gasteiger partial charge in [0.25, 0.3) is 12.3 Å². The minimum Gasteiger partial charge on any atom is -0.450 e. The number of nitrogens with one attached hydrogen (secondary N) is 2. The summed E-state index contributed by atoms with van der Waals surface area (Å²) in [6.07, 6.45) is -2.66. The second-order valence-corrected chi connectivity index (χ2v) is 13.7. The van der Waals surface area contributed by atoms with Gasteiger partial charge in [-0.05, 0) is 87.4 Å². The Balaban J connectivity index is 1.32. The monoisotopic (exact) mass is 766 g/mol. The van der Waals surface area contributed by atoms with Gasteiger partial charge in [-0.25, -0.2) is 27.3 Å². The molecule has 12 nitrogen and oxygen atoms in total. The number of hydrogen-bond acceptors (Lipinski definition) is 8. The molecule has 1 fully saturated rings. The molecule has 0 saturated heterocycles. The van der Waals surface area contributed by atoms with Gasteiger partial charge in [-0.1, -0.05) is 5.92 Å². The molecule has 1 saturated carbocycles. The highest BCUT2D eigenvalue weighted by molar-refractivity contribution is 5.83. The van der Waals surface area contributed by atoms with Crippen molar-refractivity contribution in [1.82, 2.24) is 34.7 Å². The lowest BCUT2D eigenvalue weighted by Gasteiger charge is -2.23. The number of aliphatic hydroxyl groups is 1. The molecule has 55 heavy (non-hydrogen) atoms. The summed E-state index contributed by atoms with van der Waals surface area (Å²) in [7, 11) is 0. The molecule has 0 aliphatic heterocycles. The van der Waals surface area contributed by atoms with Crippen molar-refractivity contribution in [3.8, 4) is 23.0 Å². The van der Waals surface area contributed by atoms with Crippen molar-refractivity contribution in [3.05, 3.63) is 94.2 Å². The smallest absolute Gasteiger partial charge is 0.414 e. The summed E-state index contributed by atoms with van der Waals surface area (Å²) in [5.41, 5.74) is -1.87. The first-order chi connectivity index (χ1) is 26.0. The summed E-state index contributed by atoms with van der Waals surface area (Å²) in [5, 5.41) is 27.2. The molecule has 18 heteroatoms. The summed E-state index contributed by atoms with van der Waals surface area (Å²) >= 11 is 0. The van der Waals surface area contributed by atoms with Gasteiger partial charge < -0.3 is 15.2 Å². The number of aromatic nitrogens is 6. The van der Waals surface area contributed by atoms with Crippen molar-refractivity contribution in [2.75, 3.05) is 11.9 Å². The van der Waals surface area contributed by atoms with E-state index in [1.54, 1.807) is 31.3 Å². The molecule has 0 radical (unpaired) electrons. The van der Waals surface area contributed by atoms with Crippen LogP contribution in [0.25, 0.3) is 16.8 Å². The van der Waals surface area contributed by atoms with Crippen molar-refractivity contribution in [2.24, 2.45) is 5.92 Å². The number of carbonyl (C=O) groups excluding carboxylic acids is 2. The predicted molar refractivity (Wildman–Crippen MR) is 183 cm³/mol. The van der Waals surface area contributed by atoms with Crippen LogP contribution in [0.15, 0.2) is 48.7 Å². The normalized spacial score (nSPS) is 17.3. The molecule has 3 N–H and O–H groups in total. The Labute approximate surface area is 308 Å². The van der Waals surface area contributed by atoms with Gasteiger partial charge in [0.2, 0.25) is 11.9 Å². The van der Waals surface area contributed by atoms with E-state index in [4.69, 9.17) is 4.74 Å². The van der Waals surface area contributed by atoms with Crippen LogP contribution in [0.3, 0.4) is 0 Å². The van der Waals surface area contributed by atoms with E-state index >= 15 is 8.78 Å². The third kappa shape index (κ3) is 7.56. The van der Waals surface area contributed by atoms with Crippen LogP contribution in [0.2, 0.25) is 0 Å². The highest BCUT2D eigenvalue weighted by atomic mass is 19.3. The predicted octanol–water partition coefficient (Wildman–Crippen LogP) is 6.20. The summed E-state index contributed by atoms with van der Waals surface area (Å²) < 4.78 is 94.5. The van der Waals surface area contributed by atoms with E-state index in [1.807, 2.05) is 0 Å². The number of pyridine rings is 2. The summed E-state index contributed by atoms with van der Waals surface area (Å²) in [4.78, 5) is 30.7. The number of nitrogens with zero attached hydrogens (tertiary/aromatic N) is 6. The Kier molecular flexibility index (Phi) is 9.53. The number of ether oxygens (including phenoxy) is 1. The number of amides is 2. The second kappa shape index (κ2) is 14.0. The number of halogens is 6. The first-order valence-electron chi connectivity index (χ1n) is 17.1. The SMILES string of the molecule is CCOC(=O)Nc1nnc2ccc(-c3ccc(C#CC(C)(C)O)nc3[C@H](Cc3cc(F)cc(F)c3)NC(=O)Cn3nc(C(F)F)c4c3C(F)(F)[C@@H]3C[C@H]43)cn12. The number of carbonyl (C=O) groups is 2. The molecule has 0 spiro atoms. The quantitative estimate of drug-likeness (QED) is 0.112. The molecule has 2 aliphatic rings. The summed E-state index contributed by atoms with van der Waals surface area (Å²) in [5.74, 6) is -2.77. The van der Waals surface area contributed by atoms with Crippen molar-refractivity contribution in [3.63, 3.8) is 0 Å². The van der Waals surface area contributed by atoms with E-state index in [2.05, 4.69) is 42.8 Å². The maximum atomic E-state index is 15.3. The minimum atomic E-state index is -3.48. The number of anilines is 1. The average molecular weight is 767 g/mol. The molecule has 2 amide bonds. The summed E-state index contributed by atoms with van der Waals surface area (Å²) in [6, 6.07) is 7.81. The molecule has 3 atom stereocenters. The van der Waals surface area contributed by atoms with Gasteiger partial charge in [0.05, 0.1) is 18.3 Å². The van der Waals surface area contributed by atoms with Gasteiger partial charge in [0.1, 0.15) is 40.9 Å². The van der Waals surface area contributed by atoms with Crippen LogP contribution in [0.5, 0.6) is 0 Å². The first kappa shape index (κ1) is 37.4. The number of rotatable bonds is 10.